The summed E-state index contributed by atoms with van der Waals surface area (Å²) in [6.07, 6.45) is 0. The number of rotatable bonds is 3. The Hall–Kier alpha value is -2.48. The molecule has 4 rings (SSSR count). The van der Waals surface area contributed by atoms with Gasteiger partial charge >= 0.3 is 6.03 Å². The quantitative estimate of drug-likeness (QED) is 0.806. The van der Waals surface area contributed by atoms with E-state index in [4.69, 9.17) is 14.2 Å². The van der Waals surface area contributed by atoms with Crippen molar-refractivity contribution in [3.8, 4) is 11.5 Å². The van der Waals surface area contributed by atoms with Gasteiger partial charge in [-0.3, -0.25) is 9.69 Å². The summed E-state index contributed by atoms with van der Waals surface area (Å²) in [6, 6.07) is 5.27. The summed E-state index contributed by atoms with van der Waals surface area (Å²) in [5.41, 5.74) is 0.755. The van der Waals surface area contributed by atoms with Gasteiger partial charge in [-0.05, 0) is 12.1 Å². The molecule has 8 heteroatoms. The Balaban J connectivity index is 1.41. The Kier molecular flexibility index (Phi) is 3.89. The van der Waals surface area contributed by atoms with Crippen LogP contribution in [0.2, 0.25) is 0 Å². The smallest absolute Gasteiger partial charge is 0.325 e. The zero-order valence-electron chi connectivity index (χ0n) is 13.3. The Bertz CT molecular complexity index is 659. The van der Waals surface area contributed by atoms with Crippen molar-refractivity contribution in [1.29, 1.82) is 0 Å². The zero-order chi connectivity index (χ0) is 16.5. The Labute approximate surface area is 139 Å². The van der Waals surface area contributed by atoms with Crippen molar-refractivity contribution in [1.82, 2.24) is 9.80 Å². The molecule has 2 saturated heterocycles. The second-order valence-electron chi connectivity index (χ2n) is 5.89. The number of nitrogens with zero attached hydrogens (tertiary/aromatic N) is 3. The molecule has 0 spiro atoms. The van der Waals surface area contributed by atoms with Crippen molar-refractivity contribution < 1.29 is 23.8 Å². The molecule has 24 heavy (non-hydrogen) atoms. The number of carbonyl (C=O) groups excluding carboxylic acids is 2. The van der Waals surface area contributed by atoms with Crippen molar-refractivity contribution in [3.05, 3.63) is 18.2 Å². The molecule has 1 aromatic carbocycles. The molecule has 3 heterocycles. The number of hydrogen-bond donors (Lipinski definition) is 0. The highest BCUT2D eigenvalue weighted by Gasteiger charge is 2.33. The molecule has 0 unspecified atom stereocenters. The molecule has 8 nitrogen and oxygen atoms in total. The van der Waals surface area contributed by atoms with Crippen LogP contribution < -0.4 is 14.4 Å². The van der Waals surface area contributed by atoms with Crippen LogP contribution in [0.4, 0.5) is 10.5 Å². The average Bonchev–Trinajstić information content (AvgIpc) is 3.22. The second-order valence-corrected chi connectivity index (χ2v) is 5.89. The van der Waals surface area contributed by atoms with Crippen molar-refractivity contribution in [2.75, 3.05) is 57.6 Å². The number of benzene rings is 1. The normalized spacial score (nSPS) is 20.0. The number of anilines is 1. The Morgan fingerprint density at radius 3 is 2.67 bits per heavy atom. The van der Waals surface area contributed by atoms with Gasteiger partial charge in [-0.25, -0.2) is 4.79 Å². The Morgan fingerprint density at radius 1 is 1.04 bits per heavy atom. The molecule has 0 atom stereocenters. The van der Waals surface area contributed by atoms with Gasteiger partial charge in [-0.15, -0.1) is 0 Å². The molecule has 0 aromatic heterocycles. The summed E-state index contributed by atoms with van der Waals surface area (Å²) in [7, 11) is 0. The molecule has 0 N–H and O–H groups in total. The molecule has 0 bridgehead atoms. The number of fused-ring (bicyclic) bond motifs is 1. The molecular formula is C16H19N3O5. The second kappa shape index (κ2) is 6.20. The largest absolute Gasteiger partial charge is 0.454 e. The van der Waals surface area contributed by atoms with E-state index in [1.54, 1.807) is 26.8 Å². The fourth-order valence-corrected chi connectivity index (χ4v) is 3.10. The fourth-order valence-electron chi connectivity index (χ4n) is 3.10. The highest BCUT2D eigenvalue weighted by atomic mass is 16.7. The maximum Gasteiger partial charge on any atom is 0.325 e. The van der Waals surface area contributed by atoms with Crippen LogP contribution in [-0.4, -0.2) is 74.5 Å². The van der Waals surface area contributed by atoms with Crippen molar-refractivity contribution >= 4 is 17.6 Å². The molecule has 0 aliphatic carbocycles. The van der Waals surface area contributed by atoms with Crippen LogP contribution in [0.1, 0.15) is 0 Å². The van der Waals surface area contributed by atoms with Crippen LogP contribution in [0, 0.1) is 0 Å². The summed E-state index contributed by atoms with van der Waals surface area (Å²) < 4.78 is 15.9. The first-order valence-corrected chi connectivity index (χ1v) is 8.04. The van der Waals surface area contributed by atoms with Gasteiger partial charge < -0.3 is 24.0 Å². The van der Waals surface area contributed by atoms with Gasteiger partial charge in [-0.1, -0.05) is 0 Å². The third-order valence-electron chi connectivity index (χ3n) is 4.45. The first-order chi connectivity index (χ1) is 11.7. The van der Waals surface area contributed by atoms with Gasteiger partial charge in [0.15, 0.2) is 11.5 Å². The third-order valence-corrected chi connectivity index (χ3v) is 4.45. The van der Waals surface area contributed by atoms with E-state index in [0.717, 1.165) is 5.69 Å². The molecule has 0 saturated carbocycles. The number of carbonyl (C=O) groups is 2. The van der Waals surface area contributed by atoms with Crippen LogP contribution in [0.25, 0.3) is 0 Å². The predicted octanol–water partition coefficient (Wildman–Crippen LogP) is 0.516. The van der Waals surface area contributed by atoms with Gasteiger partial charge in [0.05, 0.1) is 13.2 Å². The van der Waals surface area contributed by atoms with Crippen LogP contribution in [0.5, 0.6) is 11.5 Å². The van der Waals surface area contributed by atoms with E-state index in [0.29, 0.717) is 50.9 Å². The highest BCUT2D eigenvalue weighted by molar-refractivity contribution is 5.96. The fraction of sp³-hybridized carbons (Fsp3) is 0.500. The summed E-state index contributed by atoms with van der Waals surface area (Å²) in [5.74, 6) is 1.30. The van der Waals surface area contributed by atoms with Crippen LogP contribution in [0.3, 0.4) is 0 Å². The minimum absolute atomic E-state index is 0.0285. The first-order valence-electron chi connectivity index (χ1n) is 8.04. The van der Waals surface area contributed by atoms with E-state index in [-0.39, 0.29) is 25.3 Å². The highest BCUT2D eigenvalue weighted by Crippen LogP contribution is 2.36. The summed E-state index contributed by atoms with van der Waals surface area (Å²) in [6.45, 7) is 3.69. The number of hydrogen-bond acceptors (Lipinski definition) is 5. The lowest BCUT2D eigenvalue weighted by Crippen LogP contribution is -2.46. The molecule has 128 valence electrons. The van der Waals surface area contributed by atoms with E-state index in [1.807, 2.05) is 6.07 Å². The van der Waals surface area contributed by atoms with E-state index in [1.165, 1.54) is 0 Å². The van der Waals surface area contributed by atoms with Crippen molar-refractivity contribution in [2.24, 2.45) is 0 Å². The number of amides is 3. The standard InChI is InChI=1S/C16H19N3O5/c20-15(17-5-7-22-8-6-17)10-18-3-4-19(16(18)21)12-1-2-13-14(9-12)24-11-23-13/h1-2,9H,3-8,10-11H2. The molecule has 3 aliphatic rings. The number of morpholine rings is 1. The minimum atomic E-state index is -0.157. The Morgan fingerprint density at radius 2 is 1.83 bits per heavy atom. The van der Waals surface area contributed by atoms with Crippen molar-refractivity contribution in [3.63, 3.8) is 0 Å². The third kappa shape index (κ3) is 2.73. The van der Waals surface area contributed by atoms with Crippen molar-refractivity contribution in [2.45, 2.75) is 0 Å². The summed E-state index contributed by atoms with van der Waals surface area (Å²) >= 11 is 0. The minimum Gasteiger partial charge on any atom is -0.454 e. The van der Waals surface area contributed by atoms with Gasteiger partial charge in [0, 0.05) is 37.9 Å². The molecule has 0 radical (unpaired) electrons. The summed E-state index contributed by atoms with van der Waals surface area (Å²) in [5, 5.41) is 0. The van der Waals surface area contributed by atoms with E-state index < -0.39 is 0 Å². The maximum absolute atomic E-state index is 12.6. The van der Waals surface area contributed by atoms with Gasteiger partial charge in [0.1, 0.15) is 6.54 Å². The lowest BCUT2D eigenvalue weighted by Gasteiger charge is -2.28. The zero-order valence-corrected chi connectivity index (χ0v) is 13.3. The molecular weight excluding hydrogens is 314 g/mol. The monoisotopic (exact) mass is 333 g/mol. The predicted molar refractivity (Wildman–Crippen MR) is 84.3 cm³/mol. The number of ether oxygens (including phenoxy) is 3. The van der Waals surface area contributed by atoms with Crippen LogP contribution >= 0.6 is 0 Å². The molecule has 1 aromatic rings. The van der Waals surface area contributed by atoms with Gasteiger partial charge in [0.25, 0.3) is 0 Å². The van der Waals surface area contributed by atoms with Crippen LogP contribution in [-0.2, 0) is 9.53 Å². The lowest BCUT2D eigenvalue weighted by atomic mass is 10.2. The SMILES string of the molecule is O=C(CN1CCN(c2ccc3c(c2)OCO3)C1=O)N1CCOCC1. The summed E-state index contributed by atoms with van der Waals surface area (Å²) in [4.78, 5) is 29.9. The van der Waals surface area contributed by atoms with E-state index in [2.05, 4.69) is 0 Å². The van der Waals surface area contributed by atoms with Gasteiger partial charge in [0.2, 0.25) is 12.7 Å². The van der Waals surface area contributed by atoms with Crippen LogP contribution in [0.15, 0.2) is 18.2 Å². The lowest BCUT2D eigenvalue weighted by molar-refractivity contribution is -0.135. The van der Waals surface area contributed by atoms with E-state index in [9.17, 15) is 9.59 Å². The maximum atomic E-state index is 12.6. The molecule has 2 fully saturated rings. The molecule has 3 amide bonds. The average molecular weight is 333 g/mol. The van der Waals surface area contributed by atoms with E-state index >= 15 is 0 Å². The molecule has 3 aliphatic heterocycles. The number of urea groups is 1. The van der Waals surface area contributed by atoms with Gasteiger partial charge in [-0.2, -0.15) is 0 Å². The topological polar surface area (TPSA) is 71.6 Å². The first kappa shape index (κ1) is 15.1.